The molecule has 1 aliphatic heterocycles. The van der Waals surface area contributed by atoms with Gasteiger partial charge in [0.25, 0.3) is 5.91 Å². The van der Waals surface area contributed by atoms with E-state index in [1.165, 1.54) is 24.4 Å². The number of pyridine rings is 1. The lowest BCUT2D eigenvalue weighted by molar-refractivity contribution is 0.0763. The third kappa shape index (κ3) is 2.83. The molecule has 5 rings (SSSR count). The van der Waals surface area contributed by atoms with Gasteiger partial charge in [-0.05, 0) is 41.5 Å². The van der Waals surface area contributed by atoms with Crippen molar-refractivity contribution in [3.63, 3.8) is 0 Å². The monoisotopic (exact) mass is 413 g/mol. The van der Waals surface area contributed by atoms with E-state index in [0.29, 0.717) is 9.58 Å². The summed E-state index contributed by atoms with van der Waals surface area (Å²) in [6, 6.07) is 7.03. The molecule has 30 heavy (non-hydrogen) atoms. The minimum absolute atomic E-state index is 0.00918. The zero-order valence-electron chi connectivity index (χ0n) is 20.2. The van der Waals surface area contributed by atoms with Gasteiger partial charge < -0.3 is 4.90 Å². The molecule has 1 amide bonds. The van der Waals surface area contributed by atoms with Crippen LogP contribution in [0.1, 0.15) is 28.5 Å². The molecule has 0 bridgehead atoms. The number of hydrogen-bond donors (Lipinski definition) is 0. The molecule has 3 heterocycles. The Morgan fingerprint density at radius 1 is 1.13 bits per heavy atom. The molecule has 0 fully saturated rings. The second kappa shape index (κ2) is 6.69. The van der Waals surface area contributed by atoms with Gasteiger partial charge in [-0.15, -0.1) is 0 Å². The van der Waals surface area contributed by atoms with Gasteiger partial charge in [0.2, 0.25) is 0 Å². The molecule has 1 aliphatic rings. The number of amides is 1. The maximum Gasteiger partial charge on any atom is 0.256 e. The van der Waals surface area contributed by atoms with Crippen LogP contribution >= 0.6 is 0 Å². The number of fused-ring (bicyclic) bond motifs is 2. The third-order valence-electron chi connectivity index (χ3n) is 4.92. The number of rotatable bonds is 3. The van der Waals surface area contributed by atoms with Gasteiger partial charge in [0, 0.05) is 34.4 Å². The Kier molecular flexibility index (Phi) is 3.02. The number of aryl methyl sites for hydroxylation is 1. The highest BCUT2D eigenvalue weighted by Crippen LogP contribution is 2.32. The van der Waals surface area contributed by atoms with Crippen molar-refractivity contribution >= 4 is 16.8 Å². The van der Waals surface area contributed by atoms with Crippen LogP contribution in [0.4, 0.5) is 13.2 Å². The van der Waals surface area contributed by atoms with Crippen molar-refractivity contribution in [3.05, 3.63) is 83.1 Å². The van der Waals surface area contributed by atoms with Crippen LogP contribution in [0.15, 0.2) is 48.8 Å². The Bertz CT molecular complexity index is 1500. The first-order valence-electron chi connectivity index (χ1n) is 11.3. The third-order valence-corrected chi connectivity index (χ3v) is 4.92. The van der Waals surface area contributed by atoms with E-state index in [1.807, 2.05) is 0 Å². The van der Waals surface area contributed by atoms with Gasteiger partial charge >= 0.3 is 0 Å². The van der Waals surface area contributed by atoms with Crippen molar-refractivity contribution in [3.8, 4) is 11.1 Å². The molecule has 0 radical (unpaired) electrons. The average molecular weight is 413 g/mol. The maximum absolute atomic E-state index is 15.1. The first-order valence-corrected chi connectivity index (χ1v) is 8.83. The van der Waals surface area contributed by atoms with Gasteiger partial charge in [0.05, 0.1) is 27.0 Å². The normalized spacial score (nSPS) is 17.9. The largest absolute Gasteiger partial charge is 0.328 e. The summed E-state index contributed by atoms with van der Waals surface area (Å²) in [7, 11) is 0. The van der Waals surface area contributed by atoms with E-state index >= 15 is 8.78 Å². The topological polar surface area (TPSA) is 51.0 Å². The second-order valence-corrected chi connectivity index (χ2v) is 6.75. The summed E-state index contributed by atoms with van der Waals surface area (Å²) in [6.07, 6.45) is 2.40. The van der Waals surface area contributed by atoms with Gasteiger partial charge in [0.1, 0.15) is 17.2 Å². The van der Waals surface area contributed by atoms with Crippen LogP contribution in [0.3, 0.4) is 0 Å². The van der Waals surface area contributed by atoms with Crippen LogP contribution in [-0.4, -0.2) is 25.6 Å². The SMILES string of the molecule is [2H]C1([2H])c2ncccc2C(=O)N1Cc1c(F)cc(-c2ccc(F)c3nn(C([2H])([2H])[2H])cc23)cc1F. The fourth-order valence-electron chi connectivity index (χ4n) is 3.49. The van der Waals surface area contributed by atoms with Crippen LogP contribution in [0, 0.1) is 17.5 Å². The zero-order chi connectivity index (χ0) is 25.3. The molecule has 150 valence electrons. The van der Waals surface area contributed by atoms with E-state index in [1.54, 1.807) is 0 Å². The minimum Gasteiger partial charge on any atom is -0.328 e. The Balaban J connectivity index is 1.56. The fourth-order valence-corrected chi connectivity index (χ4v) is 3.49. The molecular weight excluding hydrogens is 393 g/mol. The molecule has 0 N–H and O–H groups in total. The van der Waals surface area contributed by atoms with E-state index in [4.69, 9.17) is 6.85 Å². The van der Waals surface area contributed by atoms with Crippen LogP contribution < -0.4 is 0 Å². The minimum atomic E-state index is -2.68. The van der Waals surface area contributed by atoms with Crippen LogP contribution in [0.25, 0.3) is 22.0 Å². The van der Waals surface area contributed by atoms with E-state index in [2.05, 4.69) is 10.1 Å². The van der Waals surface area contributed by atoms with Crippen molar-refractivity contribution in [1.29, 1.82) is 0 Å². The highest BCUT2D eigenvalue weighted by molar-refractivity contribution is 5.97. The van der Waals surface area contributed by atoms with E-state index in [-0.39, 0.29) is 33.3 Å². The van der Waals surface area contributed by atoms with Crippen LogP contribution in [0.5, 0.6) is 0 Å². The lowest BCUT2D eigenvalue weighted by Gasteiger charge is -2.17. The summed E-state index contributed by atoms with van der Waals surface area (Å²) in [5, 5.41) is 3.79. The molecular formula is C22H15F3N4O. The Morgan fingerprint density at radius 3 is 2.67 bits per heavy atom. The fraction of sp³-hybridized carbons (Fsp3) is 0.136. The number of hydrogen-bond acceptors (Lipinski definition) is 3. The summed E-state index contributed by atoms with van der Waals surface area (Å²) in [5.41, 5.74) is -0.817. The maximum atomic E-state index is 15.1. The standard InChI is InChI=1S/C22H15F3N4O/c1-28-9-15-13(4-5-17(23)21(15)27-28)12-7-18(24)16(19(25)8-12)10-29-11-20-14(22(29)30)3-2-6-26-20/h2-9H,10-11H2,1H3/i1D3,11D2. The van der Waals surface area contributed by atoms with Gasteiger partial charge in [-0.25, -0.2) is 13.2 Å². The molecule has 0 spiro atoms. The number of nitrogens with zero attached hydrogens (tertiary/aromatic N) is 4. The van der Waals surface area contributed by atoms with Crippen molar-refractivity contribution in [2.24, 2.45) is 6.98 Å². The van der Waals surface area contributed by atoms with Gasteiger partial charge in [0.15, 0.2) is 5.82 Å². The molecule has 5 nitrogen and oxygen atoms in total. The number of aromatic nitrogens is 3. The zero-order valence-corrected chi connectivity index (χ0v) is 15.2. The van der Waals surface area contributed by atoms with Crippen molar-refractivity contribution < 1.29 is 24.8 Å². The summed E-state index contributed by atoms with van der Waals surface area (Å²) in [5.74, 6) is -3.67. The van der Waals surface area contributed by atoms with Crippen LogP contribution in [0.2, 0.25) is 0 Å². The van der Waals surface area contributed by atoms with Gasteiger partial charge in [-0.3, -0.25) is 14.5 Å². The Labute approximate surface area is 176 Å². The molecule has 0 aliphatic carbocycles. The quantitative estimate of drug-likeness (QED) is 0.506. The predicted molar refractivity (Wildman–Crippen MR) is 104 cm³/mol. The molecule has 4 aromatic rings. The van der Waals surface area contributed by atoms with Crippen molar-refractivity contribution in [2.75, 3.05) is 0 Å². The molecule has 0 unspecified atom stereocenters. The molecule has 2 aromatic carbocycles. The van der Waals surface area contributed by atoms with Gasteiger partial charge in [-0.2, -0.15) is 5.10 Å². The number of benzene rings is 2. The van der Waals surface area contributed by atoms with Gasteiger partial charge in [-0.1, -0.05) is 6.07 Å². The van der Waals surface area contributed by atoms with Crippen LogP contribution in [-0.2, 0) is 20.0 Å². The summed E-state index contributed by atoms with van der Waals surface area (Å²) in [6.45, 7) is -5.76. The first kappa shape index (κ1) is 13.5. The summed E-state index contributed by atoms with van der Waals surface area (Å²) >= 11 is 0. The average Bonchev–Trinajstić information content (AvgIpc) is 3.32. The number of carbonyl (C=O) groups is 1. The predicted octanol–water partition coefficient (Wildman–Crippen LogP) is 4.21. The number of carbonyl (C=O) groups excluding carboxylic acids is 1. The van der Waals surface area contributed by atoms with E-state index < -0.39 is 48.9 Å². The lowest BCUT2D eigenvalue weighted by atomic mass is 9.99. The lowest BCUT2D eigenvalue weighted by Crippen LogP contribution is -2.24. The second-order valence-electron chi connectivity index (χ2n) is 6.75. The van der Waals surface area contributed by atoms with E-state index in [9.17, 15) is 9.18 Å². The van der Waals surface area contributed by atoms with Crippen molar-refractivity contribution in [1.82, 2.24) is 19.7 Å². The molecule has 0 saturated carbocycles. The molecule has 0 saturated heterocycles. The summed E-state index contributed by atoms with van der Waals surface area (Å²) in [4.78, 5) is 17.3. The smallest absolute Gasteiger partial charge is 0.256 e. The first-order chi connectivity index (χ1) is 16.4. The number of halogens is 3. The molecule has 8 heteroatoms. The Morgan fingerprint density at radius 2 is 1.93 bits per heavy atom. The van der Waals surface area contributed by atoms with E-state index in [0.717, 1.165) is 24.4 Å². The molecule has 0 atom stereocenters. The Hall–Kier alpha value is -3.68. The highest BCUT2D eigenvalue weighted by Gasteiger charge is 2.29. The molecule has 2 aromatic heterocycles. The van der Waals surface area contributed by atoms with Crippen molar-refractivity contribution in [2.45, 2.75) is 13.0 Å². The summed E-state index contributed by atoms with van der Waals surface area (Å²) < 4.78 is 84.1. The highest BCUT2D eigenvalue weighted by atomic mass is 19.1.